The molecule has 1 aliphatic heterocycles. The average molecular weight is 408 g/mol. The standard InChI is InChI=1S/C22H20N2O6/c1-12(25)18(22(27)30-4)19-14-7-5-6-8-15(14)20(23-19)24-21(26)13-9-10-16(28-2)17(11-13)29-3/h5-11,25H,1-4H3. The number of aliphatic hydroxyl groups is 1. The van der Waals surface area contributed by atoms with E-state index in [1.54, 1.807) is 36.4 Å². The van der Waals surface area contributed by atoms with E-state index in [1.165, 1.54) is 34.3 Å². The molecule has 154 valence electrons. The third-order valence-electron chi connectivity index (χ3n) is 4.47. The van der Waals surface area contributed by atoms with E-state index in [0.29, 0.717) is 22.6 Å². The molecule has 1 amide bonds. The molecule has 0 saturated carbocycles. The van der Waals surface area contributed by atoms with Crippen molar-refractivity contribution < 1.29 is 28.9 Å². The third kappa shape index (κ3) is 3.80. The summed E-state index contributed by atoms with van der Waals surface area (Å²) in [5, 5.41) is 10.0. The number of ether oxygens (including phenoxy) is 3. The highest BCUT2D eigenvalue weighted by Gasteiger charge is 2.30. The van der Waals surface area contributed by atoms with Gasteiger partial charge in [0.2, 0.25) is 0 Å². The Kier molecular flexibility index (Phi) is 5.96. The number of amides is 1. The van der Waals surface area contributed by atoms with E-state index >= 15 is 0 Å². The van der Waals surface area contributed by atoms with E-state index in [9.17, 15) is 14.7 Å². The van der Waals surface area contributed by atoms with Crippen LogP contribution in [-0.2, 0) is 9.53 Å². The second-order valence-corrected chi connectivity index (χ2v) is 6.27. The number of fused-ring (bicyclic) bond motifs is 1. The minimum atomic E-state index is -0.740. The number of amidine groups is 1. The van der Waals surface area contributed by atoms with Crippen molar-refractivity contribution >= 4 is 23.4 Å². The lowest BCUT2D eigenvalue weighted by atomic mass is 9.99. The van der Waals surface area contributed by atoms with E-state index in [4.69, 9.17) is 14.2 Å². The smallest absolute Gasteiger partial charge is 0.343 e. The van der Waals surface area contributed by atoms with Crippen LogP contribution < -0.4 is 9.47 Å². The summed E-state index contributed by atoms with van der Waals surface area (Å²) in [6, 6.07) is 11.7. The van der Waals surface area contributed by atoms with Gasteiger partial charge in [-0.05, 0) is 25.1 Å². The molecule has 0 radical (unpaired) electrons. The van der Waals surface area contributed by atoms with E-state index in [2.05, 4.69) is 9.98 Å². The summed E-state index contributed by atoms with van der Waals surface area (Å²) in [7, 11) is 4.18. The number of benzene rings is 2. The van der Waals surface area contributed by atoms with Crippen LogP contribution in [0.15, 0.2) is 63.8 Å². The number of esters is 1. The molecule has 0 unspecified atom stereocenters. The Morgan fingerprint density at radius 1 is 0.967 bits per heavy atom. The van der Waals surface area contributed by atoms with Crippen molar-refractivity contribution in [3.8, 4) is 11.5 Å². The molecule has 1 heterocycles. The summed E-state index contributed by atoms with van der Waals surface area (Å²) >= 11 is 0. The van der Waals surface area contributed by atoms with E-state index in [-0.39, 0.29) is 28.4 Å². The van der Waals surface area contributed by atoms with E-state index < -0.39 is 11.9 Å². The number of aliphatic imine (C=N–C) groups is 2. The van der Waals surface area contributed by atoms with Crippen molar-refractivity contribution in [1.29, 1.82) is 0 Å². The Labute approximate surface area is 173 Å². The SMILES string of the molecule is COC(=O)C(C1=NC(=NC(=O)c2ccc(OC)c(OC)c2)c2ccccc21)=C(C)O. The Balaban J connectivity index is 2.09. The number of hydrogen-bond acceptors (Lipinski definition) is 6. The predicted molar refractivity (Wildman–Crippen MR) is 111 cm³/mol. The van der Waals surface area contributed by atoms with Crippen molar-refractivity contribution in [1.82, 2.24) is 0 Å². The number of aliphatic hydroxyl groups excluding tert-OH is 1. The van der Waals surface area contributed by atoms with Gasteiger partial charge in [0.25, 0.3) is 5.91 Å². The van der Waals surface area contributed by atoms with Crippen LogP contribution in [0.4, 0.5) is 0 Å². The summed E-state index contributed by atoms with van der Waals surface area (Å²) in [6.45, 7) is 1.36. The molecule has 0 bridgehead atoms. The van der Waals surface area contributed by atoms with Gasteiger partial charge in [-0.15, -0.1) is 0 Å². The van der Waals surface area contributed by atoms with Gasteiger partial charge in [-0.2, -0.15) is 4.99 Å². The van der Waals surface area contributed by atoms with Crippen molar-refractivity contribution in [2.24, 2.45) is 9.98 Å². The summed E-state index contributed by atoms with van der Waals surface area (Å²) in [6.07, 6.45) is 0. The van der Waals surface area contributed by atoms with Gasteiger partial charge in [0.05, 0.1) is 27.0 Å². The molecule has 2 aromatic carbocycles. The van der Waals surface area contributed by atoms with Crippen molar-refractivity contribution in [3.63, 3.8) is 0 Å². The van der Waals surface area contributed by atoms with Crippen LogP contribution in [0.3, 0.4) is 0 Å². The molecule has 0 atom stereocenters. The Morgan fingerprint density at radius 2 is 1.63 bits per heavy atom. The molecule has 1 aliphatic rings. The van der Waals surface area contributed by atoms with Crippen LogP contribution in [0.25, 0.3) is 0 Å². The fourth-order valence-corrected chi connectivity index (χ4v) is 3.03. The quantitative estimate of drug-likeness (QED) is 0.463. The van der Waals surface area contributed by atoms with Gasteiger partial charge in [-0.3, -0.25) is 4.79 Å². The number of nitrogens with zero attached hydrogens (tertiary/aromatic N) is 2. The highest BCUT2D eigenvalue weighted by molar-refractivity contribution is 6.36. The fourth-order valence-electron chi connectivity index (χ4n) is 3.03. The molecule has 0 fully saturated rings. The average Bonchev–Trinajstić information content (AvgIpc) is 3.10. The molecule has 30 heavy (non-hydrogen) atoms. The molecule has 0 saturated heterocycles. The van der Waals surface area contributed by atoms with Crippen LogP contribution in [-0.4, -0.2) is 49.9 Å². The van der Waals surface area contributed by atoms with Gasteiger partial charge in [0.15, 0.2) is 17.3 Å². The number of carbonyl (C=O) groups excluding carboxylic acids is 2. The summed E-state index contributed by atoms with van der Waals surface area (Å²) in [5.41, 5.74) is 1.50. The molecule has 1 N–H and O–H groups in total. The molecular weight excluding hydrogens is 388 g/mol. The monoisotopic (exact) mass is 408 g/mol. The van der Waals surface area contributed by atoms with Crippen LogP contribution in [0, 0.1) is 0 Å². The third-order valence-corrected chi connectivity index (χ3v) is 4.47. The number of methoxy groups -OCH3 is 3. The highest BCUT2D eigenvalue weighted by atomic mass is 16.5. The topological polar surface area (TPSA) is 107 Å². The van der Waals surface area contributed by atoms with Crippen molar-refractivity contribution in [2.45, 2.75) is 6.92 Å². The zero-order valence-corrected chi connectivity index (χ0v) is 16.9. The maximum Gasteiger partial charge on any atom is 0.343 e. The Hall–Kier alpha value is -3.94. The number of carbonyl (C=O) groups is 2. The number of rotatable bonds is 5. The van der Waals surface area contributed by atoms with Crippen molar-refractivity contribution in [3.05, 3.63) is 70.5 Å². The van der Waals surface area contributed by atoms with E-state index in [1.807, 2.05) is 0 Å². The first-order valence-electron chi connectivity index (χ1n) is 8.93. The van der Waals surface area contributed by atoms with Crippen LogP contribution in [0.2, 0.25) is 0 Å². The van der Waals surface area contributed by atoms with Gasteiger partial charge < -0.3 is 19.3 Å². The van der Waals surface area contributed by atoms with Gasteiger partial charge >= 0.3 is 5.97 Å². The zero-order chi connectivity index (χ0) is 21.8. The van der Waals surface area contributed by atoms with Crippen LogP contribution in [0.1, 0.15) is 28.4 Å². The molecule has 0 aliphatic carbocycles. The highest BCUT2D eigenvalue weighted by Crippen LogP contribution is 2.29. The lowest BCUT2D eigenvalue weighted by Crippen LogP contribution is -2.16. The number of allylic oxidation sites excluding steroid dienone is 1. The Bertz CT molecular complexity index is 1110. The van der Waals surface area contributed by atoms with Crippen LogP contribution >= 0.6 is 0 Å². The molecule has 8 heteroatoms. The lowest BCUT2D eigenvalue weighted by molar-refractivity contribution is -0.135. The van der Waals surface area contributed by atoms with Gasteiger partial charge in [-0.25, -0.2) is 9.79 Å². The molecule has 0 aromatic heterocycles. The van der Waals surface area contributed by atoms with Crippen molar-refractivity contribution in [2.75, 3.05) is 21.3 Å². The maximum atomic E-state index is 12.8. The molecular formula is C22H20N2O6. The number of hydrogen-bond donors (Lipinski definition) is 1. The van der Waals surface area contributed by atoms with Gasteiger partial charge in [-0.1, -0.05) is 24.3 Å². The minimum absolute atomic E-state index is 0.0892. The summed E-state index contributed by atoms with van der Waals surface area (Å²) < 4.78 is 15.2. The second kappa shape index (κ2) is 8.60. The first-order chi connectivity index (χ1) is 14.4. The summed E-state index contributed by atoms with van der Waals surface area (Å²) in [5.74, 6) is -0.525. The summed E-state index contributed by atoms with van der Waals surface area (Å²) in [4.78, 5) is 33.4. The molecule has 8 nitrogen and oxygen atoms in total. The maximum absolute atomic E-state index is 12.8. The molecule has 2 aromatic rings. The second-order valence-electron chi connectivity index (χ2n) is 6.27. The zero-order valence-electron chi connectivity index (χ0n) is 16.9. The first kappa shape index (κ1) is 20.8. The van der Waals surface area contributed by atoms with Gasteiger partial charge in [0, 0.05) is 16.7 Å². The van der Waals surface area contributed by atoms with Crippen LogP contribution in [0.5, 0.6) is 11.5 Å². The van der Waals surface area contributed by atoms with E-state index in [0.717, 1.165) is 0 Å². The Morgan fingerprint density at radius 3 is 2.23 bits per heavy atom. The fraction of sp³-hybridized carbons (Fsp3) is 0.182. The molecule has 3 rings (SSSR count). The molecule has 0 spiro atoms. The first-order valence-corrected chi connectivity index (χ1v) is 8.93. The minimum Gasteiger partial charge on any atom is -0.512 e. The largest absolute Gasteiger partial charge is 0.512 e. The lowest BCUT2D eigenvalue weighted by Gasteiger charge is -2.08. The van der Waals surface area contributed by atoms with Gasteiger partial charge in [0.1, 0.15) is 11.3 Å². The predicted octanol–water partition coefficient (Wildman–Crippen LogP) is 3.10. The normalized spacial score (nSPS) is 14.5.